The molecule has 2 amide bonds. The average molecular weight is 1000 g/mol. The molecule has 22 heteroatoms. The van der Waals surface area contributed by atoms with Crippen molar-refractivity contribution < 1.29 is 45.5 Å². The Morgan fingerprint density at radius 3 is 1.58 bits per heavy atom. The fraction of sp³-hybridized carbons (Fsp3) is 0.386. The van der Waals surface area contributed by atoms with Crippen LogP contribution in [0.4, 0.5) is 11.6 Å². The van der Waals surface area contributed by atoms with Crippen LogP contribution in [0, 0.1) is 23.2 Å². The number of nitrogens with one attached hydrogen (secondary N) is 2. The number of sulfonamides is 2. The third kappa shape index (κ3) is 14.3. The van der Waals surface area contributed by atoms with Gasteiger partial charge >= 0.3 is 11.9 Å². The maximum atomic E-state index is 12.6. The van der Waals surface area contributed by atoms with Gasteiger partial charge in [-0.2, -0.15) is 5.26 Å². The van der Waals surface area contributed by atoms with Gasteiger partial charge in [0.05, 0.1) is 46.4 Å². The second-order valence-electron chi connectivity index (χ2n) is 15.0. The number of thioether (sulfide) groups is 1. The third-order valence-corrected chi connectivity index (χ3v) is 14.1. The van der Waals surface area contributed by atoms with Crippen molar-refractivity contribution in [1.82, 2.24) is 19.4 Å². The number of halogens is 2. The van der Waals surface area contributed by atoms with Crippen LogP contribution in [-0.2, 0) is 50.6 Å². The standard InChI is InChI=1S/C23H26N4O5S2.C21H23Cl2N3O5S/c1-3-32-23(29)19-13-18(14-24)20(25-22(19)33-2)27-11-9-17(10-12-27)21(28)26-34(30,31)15-16-7-5-4-6-8-16;1-2-31-21(28)16-12-17(22)19(24-18(16)23)26-10-8-15(9-11-26)20(27)25-32(29,30)13-14-6-4-3-5-7-14/h4-8,13,17H,3,9-12,15H2,1-2H3,(H,26,28);3-7,12,15H,2,8-11,13H2,1H3,(H,25,27). The second-order valence-corrected chi connectivity index (χ2v) is 20.1. The van der Waals surface area contributed by atoms with Gasteiger partial charge in [-0.15, -0.1) is 11.8 Å². The Labute approximate surface area is 398 Å². The van der Waals surface area contributed by atoms with Gasteiger partial charge < -0.3 is 19.3 Å². The number of aromatic nitrogens is 2. The van der Waals surface area contributed by atoms with Crippen LogP contribution in [0.5, 0.6) is 0 Å². The number of nitriles is 1. The van der Waals surface area contributed by atoms with Crippen LogP contribution in [0.1, 0.15) is 76.9 Å². The molecule has 0 bridgehead atoms. The monoisotopic (exact) mass is 1000 g/mol. The van der Waals surface area contributed by atoms with Crippen molar-refractivity contribution in [2.75, 3.05) is 55.4 Å². The minimum atomic E-state index is -3.80. The summed E-state index contributed by atoms with van der Waals surface area (Å²) in [5, 5.41) is 10.3. The fourth-order valence-electron chi connectivity index (χ4n) is 7.19. The highest BCUT2D eigenvalue weighted by Gasteiger charge is 2.32. The first kappa shape index (κ1) is 51.5. The van der Waals surface area contributed by atoms with Gasteiger partial charge in [0, 0.05) is 38.0 Å². The van der Waals surface area contributed by atoms with Gasteiger partial charge in [-0.05, 0) is 69.0 Å². The molecular weight excluding hydrogens is 954 g/mol. The van der Waals surface area contributed by atoms with Crippen LogP contribution in [-0.4, -0.2) is 96.2 Å². The molecule has 6 rings (SSSR count). The van der Waals surface area contributed by atoms with E-state index >= 15 is 0 Å². The highest BCUT2D eigenvalue weighted by molar-refractivity contribution is 7.98. The number of esters is 2. The Hall–Kier alpha value is -5.46. The van der Waals surface area contributed by atoms with Gasteiger partial charge in [-0.1, -0.05) is 83.9 Å². The predicted octanol–water partition coefficient (Wildman–Crippen LogP) is 6.14. The first-order valence-corrected chi connectivity index (χ1v) is 26.1. The van der Waals surface area contributed by atoms with Crippen molar-refractivity contribution in [2.24, 2.45) is 11.8 Å². The van der Waals surface area contributed by atoms with E-state index in [1.54, 1.807) is 80.8 Å². The molecule has 2 aliphatic rings. The molecule has 2 fully saturated rings. The minimum absolute atomic E-state index is 0.0188. The molecule has 0 spiro atoms. The number of anilines is 2. The lowest BCUT2D eigenvalue weighted by atomic mass is 9.96. The van der Waals surface area contributed by atoms with Crippen LogP contribution < -0.4 is 19.2 Å². The molecule has 4 aromatic rings. The number of amides is 2. The Balaban J connectivity index is 0.000000248. The number of carbonyl (C=O) groups excluding carboxylic acids is 4. The highest BCUT2D eigenvalue weighted by Crippen LogP contribution is 2.33. The molecule has 0 unspecified atom stereocenters. The SMILES string of the molecule is CCOC(=O)c1cc(C#N)c(N2CCC(C(=O)NS(=O)(=O)Cc3ccccc3)CC2)nc1SC.CCOC(=O)c1cc(Cl)c(N2CCC(C(=O)NS(=O)(=O)Cc3ccccc3)CC2)nc1Cl. The quantitative estimate of drug-likeness (QED) is 0.0773. The molecule has 2 saturated heterocycles. The summed E-state index contributed by atoms with van der Waals surface area (Å²) in [5.41, 5.74) is 1.77. The zero-order chi connectivity index (χ0) is 48.0. The first-order chi connectivity index (χ1) is 31.5. The van der Waals surface area contributed by atoms with E-state index in [0.717, 1.165) is 0 Å². The van der Waals surface area contributed by atoms with Crippen LogP contribution >= 0.6 is 35.0 Å². The molecule has 66 heavy (non-hydrogen) atoms. The molecule has 0 saturated carbocycles. The molecule has 4 heterocycles. The zero-order valence-corrected chi connectivity index (χ0v) is 40.3. The third-order valence-electron chi connectivity index (χ3n) is 10.4. The lowest BCUT2D eigenvalue weighted by Crippen LogP contribution is -2.43. The number of hydrogen-bond acceptors (Lipinski definition) is 16. The van der Waals surface area contributed by atoms with E-state index in [0.29, 0.717) is 79.7 Å². The molecule has 17 nitrogen and oxygen atoms in total. The topological polar surface area (TPSA) is 235 Å². The van der Waals surface area contributed by atoms with Crippen molar-refractivity contribution in [3.05, 3.63) is 111 Å². The highest BCUT2D eigenvalue weighted by atomic mass is 35.5. The summed E-state index contributed by atoms with van der Waals surface area (Å²) >= 11 is 13.7. The number of benzene rings is 2. The number of nitrogens with zero attached hydrogens (tertiary/aromatic N) is 5. The number of ether oxygens (including phenoxy) is 2. The van der Waals surface area contributed by atoms with Crippen molar-refractivity contribution in [3.63, 3.8) is 0 Å². The molecule has 2 aliphatic heterocycles. The molecule has 352 valence electrons. The van der Waals surface area contributed by atoms with Gasteiger partial charge in [0.25, 0.3) is 0 Å². The van der Waals surface area contributed by atoms with Crippen molar-refractivity contribution in [3.8, 4) is 6.07 Å². The summed E-state index contributed by atoms with van der Waals surface area (Å²) in [4.78, 5) is 61.8. The van der Waals surface area contributed by atoms with Gasteiger partial charge in [0.15, 0.2) is 0 Å². The molecular formula is C44H49Cl2N7O10S3. The average Bonchev–Trinajstić information content (AvgIpc) is 3.29. The van der Waals surface area contributed by atoms with E-state index in [1.807, 2.05) is 9.80 Å². The molecule has 2 aromatic carbocycles. The van der Waals surface area contributed by atoms with Crippen LogP contribution in [0.25, 0.3) is 0 Å². The van der Waals surface area contributed by atoms with Crippen LogP contribution in [0.2, 0.25) is 10.2 Å². The second kappa shape index (κ2) is 23.8. The Kier molecular flexibility index (Phi) is 18.6. The maximum Gasteiger partial charge on any atom is 0.341 e. The van der Waals surface area contributed by atoms with Crippen LogP contribution in [0.15, 0.2) is 77.8 Å². The summed E-state index contributed by atoms with van der Waals surface area (Å²) in [6.45, 7) is 5.50. The van der Waals surface area contributed by atoms with Crippen molar-refractivity contribution in [1.29, 1.82) is 5.26 Å². The van der Waals surface area contributed by atoms with Gasteiger partial charge in [-0.25, -0.2) is 36.4 Å². The summed E-state index contributed by atoms with van der Waals surface area (Å²) in [6.07, 6.45) is 3.44. The van der Waals surface area contributed by atoms with Crippen molar-refractivity contribution in [2.45, 2.75) is 56.1 Å². The lowest BCUT2D eigenvalue weighted by Gasteiger charge is -2.32. The summed E-state index contributed by atoms with van der Waals surface area (Å²) in [5.74, 6) is -2.78. The van der Waals surface area contributed by atoms with E-state index in [4.69, 9.17) is 32.7 Å². The molecule has 2 aromatic heterocycles. The minimum Gasteiger partial charge on any atom is -0.462 e. The number of hydrogen-bond donors (Lipinski definition) is 2. The van der Waals surface area contributed by atoms with E-state index in [9.17, 15) is 41.3 Å². The molecule has 0 aliphatic carbocycles. The van der Waals surface area contributed by atoms with Gasteiger partial charge in [-0.3, -0.25) is 19.0 Å². The zero-order valence-electron chi connectivity index (χ0n) is 36.4. The number of carbonyl (C=O) groups is 4. The predicted molar refractivity (Wildman–Crippen MR) is 251 cm³/mol. The van der Waals surface area contributed by atoms with Crippen LogP contribution in [0.3, 0.4) is 0 Å². The fourth-order valence-corrected chi connectivity index (χ4v) is 10.6. The van der Waals surface area contributed by atoms with Gasteiger partial charge in [0.2, 0.25) is 31.9 Å². The van der Waals surface area contributed by atoms with Crippen molar-refractivity contribution >= 4 is 90.4 Å². The molecule has 2 N–H and O–H groups in total. The largest absolute Gasteiger partial charge is 0.462 e. The number of rotatable bonds is 15. The Morgan fingerprint density at radius 1 is 0.712 bits per heavy atom. The summed E-state index contributed by atoms with van der Waals surface area (Å²) < 4.78 is 63.8. The summed E-state index contributed by atoms with van der Waals surface area (Å²) in [6, 6.07) is 22.3. The van der Waals surface area contributed by atoms with E-state index in [2.05, 4.69) is 25.5 Å². The lowest BCUT2D eigenvalue weighted by molar-refractivity contribution is -0.124. The van der Waals surface area contributed by atoms with E-state index in [-0.39, 0.29) is 51.6 Å². The Bertz CT molecular complexity index is 2640. The molecule has 0 atom stereocenters. The normalized spacial score (nSPS) is 14.5. The Morgan fingerprint density at radius 2 is 1.15 bits per heavy atom. The van der Waals surface area contributed by atoms with E-state index in [1.165, 1.54) is 23.9 Å². The number of pyridine rings is 2. The van der Waals surface area contributed by atoms with E-state index < -0.39 is 55.6 Å². The molecule has 0 radical (unpaired) electrons. The number of piperidine rings is 2. The smallest absolute Gasteiger partial charge is 0.341 e. The summed E-state index contributed by atoms with van der Waals surface area (Å²) in [7, 11) is -7.59. The maximum absolute atomic E-state index is 12.6. The van der Waals surface area contributed by atoms with Gasteiger partial charge in [0.1, 0.15) is 27.9 Å². The first-order valence-electron chi connectivity index (χ1n) is 20.8.